The molecule has 0 bridgehead atoms. The van der Waals surface area contributed by atoms with Crippen LogP contribution in [0.5, 0.6) is 0 Å². The average molecular weight is 425 g/mol. The second-order valence-electron chi connectivity index (χ2n) is 9.53. The van der Waals surface area contributed by atoms with Gasteiger partial charge >= 0.3 is 0 Å². The highest BCUT2D eigenvalue weighted by atomic mass is 79.9. The maximum atomic E-state index is 12.6. The Hall–Kier alpha value is -0.520. The lowest BCUT2D eigenvalue weighted by molar-refractivity contribution is -0.178. The average Bonchev–Trinajstić information content (AvgIpc) is 2.86. The summed E-state index contributed by atoms with van der Waals surface area (Å²) in [6, 6.07) is 0. The molecule has 4 rings (SSSR count). The van der Waals surface area contributed by atoms with Crippen LogP contribution in [0.1, 0.15) is 58.8 Å². The number of halogens is 1. The number of alkyl halides is 1. The number of rotatable bonds is 2. The molecule has 0 aliphatic heterocycles. The van der Waals surface area contributed by atoms with E-state index in [4.69, 9.17) is 0 Å². The third-order valence-corrected chi connectivity index (χ3v) is 9.14. The van der Waals surface area contributed by atoms with Crippen molar-refractivity contribution < 1.29 is 19.8 Å². The zero-order chi connectivity index (χ0) is 18.9. The number of Topliss-reactive ketones (excluding diaryl/α,β-unsaturated/α-hetero) is 1. The number of carbonyl (C=O) groups excluding carboxylic acids is 2. The maximum Gasteiger partial charge on any atom is 0.175 e. The number of ketones is 2. The van der Waals surface area contributed by atoms with E-state index in [9.17, 15) is 19.8 Å². The second kappa shape index (κ2) is 5.99. The Morgan fingerprint density at radius 1 is 1.27 bits per heavy atom. The van der Waals surface area contributed by atoms with E-state index in [0.29, 0.717) is 25.2 Å². The number of allylic oxidation sites excluding steroid dienone is 1. The highest BCUT2D eigenvalue weighted by Crippen LogP contribution is 2.67. The SMILES string of the molecule is C[C@]12CCC(=O)C=C1CC[C@@H]1[C@@H]2[C@@H](O)C[C@@]2(C)[C@H]1CC[C@]2(O)C(=O)CBr. The van der Waals surface area contributed by atoms with Crippen LogP contribution in [0.3, 0.4) is 0 Å². The molecular formula is C21H29BrO4. The van der Waals surface area contributed by atoms with Gasteiger partial charge in [0.2, 0.25) is 0 Å². The molecule has 4 nitrogen and oxygen atoms in total. The molecule has 7 atom stereocenters. The summed E-state index contributed by atoms with van der Waals surface area (Å²) in [4.78, 5) is 24.5. The summed E-state index contributed by atoms with van der Waals surface area (Å²) >= 11 is 3.23. The zero-order valence-electron chi connectivity index (χ0n) is 15.6. The van der Waals surface area contributed by atoms with E-state index in [1.807, 2.05) is 13.0 Å². The topological polar surface area (TPSA) is 74.6 Å². The summed E-state index contributed by atoms with van der Waals surface area (Å²) in [5.74, 6) is 0.731. The molecule has 0 amide bonds. The number of aliphatic hydroxyl groups is 2. The van der Waals surface area contributed by atoms with Crippen molar-refractivity contribution in [2.24, 2.45) is 28.6 Å². The molecule has 5 heteroatoms. The van der Waals surface area contributed by atoms with Gasteiger partial charge in [0.1, 0.15) is 5.60 Å². The van der Waals surface area contributed by atoms with Crippen molar-refractivity contribution >= 4 is 27.5 Å². The Balaban J connectivity index is 1.74. The number of hydrogen-bond donors (Lipinski definition) is 2. The van der Waals surface area contributed by atoms with Crippen LogP contribution in [-0.4, -0.2) is 38.8 Å². The van der Waals surface area contributed by atoms with Gasteiger partial charge < -0.3 is 10.2 Å². The van der Waals surface area contributed by atoms with E-state index in [-0.39, 0.29) is 34.1 Å². The van der Waals surface area contributed by atoms with Crippen molar-refractivity contribution in [2.45, 2.75) is 70.5 Å². The predicted molar refractivity (Wildman–Crippen MR) is 102 cm³/mol. The molecule has 0 heterocycles. The fourth-order valence-electron chi connectivity index (χ4n) is 7.26. The van der Waals surface area contributed by atoms with E-state index < -0.39 is 17.1 Å². The van der Waals surface area contributed by atoms with Crippen LogP contribution in [0.25, 0.3) is 0 Å². The lowest BCUT2D eigenvalue weighted by Crippen LogP contribution is -2.61. The van der Waals surface area contributed by atoms with E-state index in [0.717, 1.165) is 25.7 Å². The minimum absolute atomic E-state index is 0.120. The van der Waals surface area contributed by atoms with Crippen molar-refractivity contribution in [3.05, 3.63) is 11.6 Å². The Bertz CT molecular complexity index is 687. The number of carbonyl (C=O) groups is 2. The Kier molecular flexibility index (Phi) is 4.33. The van der Waals surface area contributed by atoms with Crippen LogP contribution in [0.2, 0.25) is 0 Å². The molecule has 0 spiro atoms. The molecule has 144 valence electrons. The fourth-order valence-corrected chi connectivity index (χ4v) is 7.72. The van der Waals surface area contributed by atoms with E-state index in [2.05, 4.69) is 22.9 Å². The Labute approximate surface area is 163 Å². The zero-order valence-corrected chi connectivity index (χ0v) is 17.2. The van der Waals surface area contributed by atoms with Gasteiger partial charge in [-0.05, 0) is 67.8 Å². The van der Waals surface area contributed by atoms with Crippen LogP contribution < -0.4 is 0 Å². The van der Waals surface area contributed by atoms with Crippen molar-refractivity contribution in [2.75, 3.05) is 5.33 Å². The summed E-state index contributed by atoms with van der Waals surface area (Å²) in [7, 11) is 0. The fraction of sp³-hybridized carbons (Fsp3) is 0.810. The predicted octanol–water partition coefficient (Wildman–Crippen LogP) is 3.18. The minimum atomic E-state index is -1.34. The highest BCUT2D eigenvalue weighted by molar-refractivity contribution is 9.09. The summed E-state index contributed by atoms with van der Waals surface area (Å²) in [6.45, 7) is 4.24. The molecule has 4 aliphatic carbocycles. The molecule has 0 unspecified atom stereocenters. The number of hydrogen-bond acceptors (Lipinski definition) is 4. The quantitative estimate of drug-likeness (QED) is 0.667. The Morgan fingerprint density at radius 2 is 2.00 bits per heavy atom. The first-order valence-electron chi connectivity index (χ1n) is 9.91. The van der Waals surface area contributed by atoms with Crippen molar-refractivity contribution in [3.8, 4) is 0 Å². The highest BCUT2D eigenvalue weighted by Gasteiger charge is 2.68. The number of aliphatic hydroxyl groups excluding tert-OH is 1. The molecule has 0 saturated heterocycles. The second-order valence-corrected chi connectivity index (χ2v) is 10.1. The van der Waals surface area contributed by atoms with Crippen molar-refractivity contribution in [1.29, 1.82) is 0 Å². The van der Waals surface area contributed by atoms with Gasteiger partial charge in [0.05, 0.1) is 11.4 Å². The van der Waals surface area contributed by atoms with Crippen LogP contribution in [0, 0.1) is 28.6 Å². The summed E-state index contributed by atoms with van der Waals surface area (Å²) in [6.07, 6.45) is 6.29. The molecule has 0 aromatic heterocycles. The van der Waals surface area contributed by atoms with Crippen LogP contribution >= 0.6 is 15.9 Å². The van der Waals surface area contributed by atoms with Crippen LogP contribution in [0.4, 0.5) is 0 Å². The van der Waals surface area contributed by atoms with E-state index in [1.54, 1.807) is 0 Å². The van der Waals surface area contributed by atoms with Crippen molar-refractivity contribution in [3.63, 3.8) is 0 Å². The summed E-state index contributed by atoms with van der Waals surface area (Å²) < 4.78 is 0. The Morgan fingerprint density at radius 3 is 2.69 bits per heavy atom. The molecule has 3 saturated carbocycles. The molecule has 2 N–H and O–H groups in total. The molecular weight excluding hydrogens is 396 g/mol. The molecule has 26 heavy (non-hydrogen) atoms. The third kappa shape index (κ3) is 2.26. The molecule has 0 aromatic carbocycles. The van der Waals surface area contributed by atoms with Gasteiger partial charge in [0.25, 0.3) is 0 Å². The van der Waals surface area contributed by atoms with Gasteiger partial charge in [-0.3, -0.25) is 9.59 Å². The first-order chi connectivity index (χ1) is 12.2. The number of fused-ring (bicyclic) bond motifs is 5. The molecule has 3 fully saturated rings. The van der Waals surface area contributed by atoms with Gasteiger partial charge in [-0.1, -0.05) is 35.4 Å². The van der Waals surface area contributed by atoms with Gasteiger partial charge in [-0.15, -0.1) is 0 Å². The normalized spacial score (nSPS) is 50.5. The van der Waals surface area contributed by atoms with Gasteiger partial charge in [-0.2, -0.15) is 0 Å². The van der Waals surface area contributed by atoms with Crippen LogP contribution in [0.15, 0.2) is 11.6 Å². The van der Waals surface area contributed by atoms with E-state index >= 15 is 0 Å². The molecule has 0 radical (unpaired) electrons. The molecule has 0 aromatic rings. The molecule has 4 aliphatic rings. The van der Waals surface area contributed by atoms with Gasteiger partial charge in [0.15, 0.2) is 11.6 Å². The minimum Gasteiger partial charge on any atom is -0.393 e. The first-order valence-corrected chi connectivity index (χ1v) is 11.0. The van der Waals surface area contributed by atoms with Gasteiger partial charge in [-0.25, -0.2) is 0 Å². The van der Waals surface area contributed by atoms with Crippen LogP contribution in [-0.2, 0) is 9.59 Å². The van der Waals surface area contributed by atoms with Gasteiger partial charge in [0, 0.05) is 11.8 Å². The first kappa shape index (κ1) is 18.8. The summed E-state index contributed by atoms with van der Waals surface area (Å²) in [5, 5.41) is 22.7. The lowest BCUT2D eigenvalue weighted by atomic mass is 9.45. The lowest BCUT2D eigenvalue weighted by Gasteiger charge is -2.60. The smallest absolute Gasteiger partial charge is 0.175 e. The standard InChI is InChI=1S/C21H29BrO4/c1-19-7-5-13(23)9-12(19)3-4-14-15-6-8-21(26,17(25)11-22)20(15,2)10-16(24)18(14)19/h9,14-16,18,24,26H,3-8,10-11H2,1-2H3/t14-,15-,16-,18+,19-,20-,21-/m0/s1. The monoisotopic (exact) mass is 424 g/mol. The largest absolute Gasteiger partial charge is 0.393 e. The van der Waals surface area contributed by atoms with Crippen molar-refractivity contribution in [1.82, 2.24) is 0 Å². The summed E-state index contributed by atoms with van der Waals surface area (Å²) in [5.41, 5.74) is -0.826. The van der Waals surface area contributed by atoms with E-state index in [1.165, 1.54) is 5.57 Å². The maximum absolute atomic E-state index is 12.6. The third-order valence-electron chi connectivity index (χ3n) is 8.63.